The van der Waals surface area contributed by atoms with E-state index in [1.807, 2.05) is 0 Å². The van der Waals surface area contributed by atoms with Crippen LogP contribution in [0.25, 0.3) is 0 Å². The molecule has 0 aliphatic heterocycles. The van der Waals surface area contributed by atoms with E-state index in [1.54, 1.807) is 18.2 Å². The standard InChI is InChI=1S/C12H13ClN2O2S/c13-10-5-8(3-4-9(10)12(14)18)17-6-11(16)15-7-1-2-7/h3-5,7H,1-2,6H2,(H2,14,18)(H,15,16). The number of thiocarbonyl (C=S) groups is 1. The number of nitrogens with two attached hydrogens (primary N) is 1. The lowest BCUT2D eigenvalue weighted by molar-refractivity contribution is -0.123. The van der Waals surface area contributed by atoms with Crippen LogP contribution in [-0.2, 0) is 4.79 Å². The Labute approximate surface area is 115 Å². The third-order valence-electron chi connectivity index (χ3n) is 2.52. The van der Waals surface area contributed by atoms with E-state index in [0.29, 0.717) is 22.4 Å². The van der Waals surface area contributed by atoms with Crippen LogP contribution < -0.4 is 15.8 Å². The highest BCUT2D eigenvalue weighted by atomic mass is 35.5. The zero-order chi connectivity index (χ0) is 13.1. The van der Waals surface area contributed by atoms with E-state index in [-0.39, 0.29) is 17.5 Å². The Hall–Kier alpha value is -1.33. The normalized spacial score (nSPS) is 14.1. The average Bonchev–Trinajstić information content (AvgIpc) is 3.10. The van der Waals surface area contributed by atoms with Crippen molar-refractivity contribution in [1.29, 1.82) is 0 Å². The zero-order valence-corrected chi connectivity index (χ0v) is 11.2. The van der Waals surface area contributed by atoms with Gasteiger partial charge in [-0.25, -0.2) is 0 Å². The van der Waals surface area contributed by atoms with Gasteiger partial charge in [0.25, 0.3) is 5.91 Å². The lowest BCUT2D eigenvalue weighted by Crippen LogP contribution is -2.30. The van der Waals surface area contributed by atoms with Gasteiger partial charge in [-0.3, -0.25) is 4.79 Å². The summed E-state index contributed by atoms with van der Waals surface area (Å²) < 4.78 is 5.33. The molecule has 1 aromatic rings. The summed E-state index contributed by atoms with van der Waals surface area (Å²) in [4.78, 5) is 11.7. The monoisotopic (exact) mass is 284 g/mol. The van der Waals surface area contributed by atoms with Crippen molar-refractivity contribution >= 4 is 34.7 Å². The number of rotatable bonds is 5. The molecule has 4 nitrogen and oxygen atoms in total. The first-order chi connectivity index (χ1) is 8.56. The van der Waals surface area contributed by atoms with Gasteiger partial charge in [-0.15, -0.1) is 0 Å². The highest BCUT2D eigenvalue weighted by Crippen LogP contribution is 2.22. The number of hydrogen-bond donors (Lipinski definition) is 2. The summed E-state index contributed by atoms with van der Waals surface area (Å²) >= 11 is 10.8. The molecule has 1 fully saturated rings. The Kier molecular flexibility index (Phi) is 4.04. The van der Waals surface area contributed by atoms with Crippen molar-refractivity contribution in [2.45, 2.75) is 18.9 Å². The van der Waals surface area contributed by atoms with Crippen LogP contribution in [0, 0.1) is 0 Å². The predicted octanol–water partition coefficient (Wildman–Crippen LogP) is 1.63. The van der Waals surface area contributed by atoms with E-state index in [1.165, 1.54) is 0 Å². The first-order valence-electron chi connectivity index (χ1n) is 5.58. The van der Waals surface area contributed by atoms with Gasteiger partial charge >= 0.3 is 0 Å². The van der Waals surface area contributed by atoms with Crippen LogP contribution in [0.4, 0.5) is 0 Å². The summed E-state index contributed by atoms with van der Waals surface area (Å²) in [7, 11) is 0. The number of amides is 1. The molecule has 1 aromatic carbocycles. The van der Waals surface area contributed by atoms with Gasteiger partial charge in [-0.1, -0.05) is 23.8 Å². The number of halogens is 1. The first-order valence-corrected chi connectivity index (χ1v) is 6.36. The Morgan fingerprint density at radius 1 is 1.56 bits per heavy atom. The molecule has 1 aliphatic rings. The van der Waals surface area contributed by atoms with Gasteiger partial charge in [0, 0.05) is 11.6 Å². The van der Waals surface area contributed by atoms with E-state index in [9.17, 15) is 4.79 Å². The number of carbonyl (C=O) groups excluding carboxylic acids is 1. The molecule has 18 heavy (non-hydrogen) atoms. The third-order valence-corrected chi connectivity index (χ3v) is 3.05. The maximum atomic E-state index is 11.4. The Balaban J connectivity index is 1.90. The molecule has 96 valence electrons. The number of carbonyl (C=O) groups is 1. The Morgan fingerprint density at radius 3 is 2.83 bits per heavy atom. The molecule has 2 rings (SSSR count). The fourth-order valence-corrected chi connectivity index (χ4v) is 1.94. The number of benzene rings is 1. The van der Waals surface area contributed by atoms with Crippen molar-refractivity contribution in [1.82, 2.24) is 5.32 Å². The molecule has 6 heteroatoms. The smallest absolute Gasteiger partial charge is 0.258 e. The van der Waals surface area contributed by atoms with E-state index in [0.717, 1.165) is 12.8 Å². The Morgan fingerprint density at radius 2 is 2.28 bits per heavy atom. The van der Waals surface area contributed by atoms with Crippen LogP contribution in [0.3, 0.4) is 0 Å². The minimum Gasteiger partial charge on any atom is -0.484 e. The number of nitrogens with one attached hydrogen (secondary N) is 1. The predicted molar refractivity (Wildman–Crippen MR) is 74.0 cm³/mol. The highest BCUT2D eigenvalue weighted by molar-refractivity contribution is 7.80. The molecule has 0 heterocycles. The summed E-state index contributed by atoms with van der Waals surface area (Å²) in [6.07, 6.45) is 2.11. The molecule has 3 N–H and O–H groups in total. The largest absolute Gasteiger partial charge is 0.484 e. The molecule has 0 radical (unpaired) electrons. The van der Waals surface area contributed by atoms with Crippen LogP contribution in [0.1, 0.15) is 18.4 Å². The van der Waals surface area contributed by atoms with Crippen LogP contribution in [0.15, 0.2) is 18.2 Å². The van der Waals surface area contributed by atoms with Crippen molar-refractivity contribution in [2.75, 3.05) is 6.61 Å². The minimum absolute atomic E-state index is 0.0146. The van der Waals surface area contributed by atoms with E-state index in [4.69, 9.17) is 34.3 Å². The molecule has 1 amide bonds. The molecule has 0 unspecified atom stereocenters. The molecule has 0 atom stereocenters. The molecule has 0 bridgehead atoms. The van der Waals surface area contributed by atoms with Crippen molar-refractivity contribution < 1.29 is 9.53 Å². The molecule has 0 spiro atoms. The average molecular weight is 285 g/mol. The molecular formula is C12H13ClN2O2S. The van der Waals surface area contributed by atoms with E-state index in [2.05, 4.69) is 5.32 Å². The van der Waals surface area contributed by atoms with Crippen LogP contribution in [0.5, 0.6) is 5.75 Å². The van der Waals surface area contributed by atoms with Gasteiger partial charge in [0.05, 0.1) is 5.02 Å². The lowest BCUT2D eigenvalue weighted by atomic mass is 10.2. The van der Waals surface area contributed by atoms with Crippen molar-refractivity contribution in [3.63, 3.8) is 0 Å². The second kappa shape index (κ2) is 5.54. The third kappa shape index (κ3) is 3.58. The second-order valence-corrected chi connectivity index (χ2v) is 4.98. The zero-order valence-electron chi connectivity index (χ0n) is 9.61. The second-order valence-electron chi connectivity index (χ2n) is 4.14. The number of hydrogen-bond acceptors (Lipinski definition) is 3. The van der Waals surface area contributed by atoms with Crippen LogP contribution >= 0.6 is 23.8 Å². The van der Waals surface area contributed by atoms with Crippen molar-refractivity contribution in [2.24, 2.45) is 5.73 Å². The molecule has 1 saturated carbocycles. The maximum absolute atomic E-state index is 11.4. The van der Waals surface area contributed by atoms with Crippen molar-refractivity contribution in [3.05, 3.63) is 28.8 Å². The van der Waals surface area contributed by atoms with E-state index >= 15 is 0 Å². The van der Waals surface area contributed by atoms with E-state index < -0.39 is 0 Å². The summed E-state index contributed by atoms with van der Waals surface area (Å²) in [5, 5.41) is 3.25. The topological polar surface area (TPSA) is 64.3 Å². The molecule has 0 saturated heterocycles. The maximum Gasteiger partial charge on any atom is 0.258 e. The quantitative estimate of drug-likeness (QED) is 0.807. The fraction of sp³-hybridized carbons (Fsp3) is 0.333. The molecular weight excluding hydrogens is 272 g/mol. The van der Waals surface area contributed by atoms with Crippen molar-refractivity contribution in [3.8, 4) is 5.75 Å². The van der Waals surface area contributed by atoms with Gasteiger partial charge < -0.3 is 15.8 Å². The summed E-state index contributed by atoms with van der Waals surface area (Å²) in [6.45, 7) is -0.0146. The van der Waals surface area contributed by atoms with Crippen LogP contribution in [0.2, 0.25) is 5.02 Å². The van der Waals surface area contributed by atoms with Gasteiger partial charge in [-0.2, -0.15) is 0 Å². The fourth-order valence-electron chi connectivity index (χ4n) is 1.43. The minimum atomic E-state index is -0.118. The van der Waals surface area contributed by atoms with Gasteiger partial charge in [-0.05, 0) is 31.0 Å². The summed E-state index contributed by atoms with van der Waals surface area (Å²) in [6, 6.07) is 5.30. The van der Waals surface area contributed by atoms with Gasteiger partial charge in [0.15, 0.2) is 6.61 Å². The summed E-state index contributed by atoms with van der Waals surface area (Å²) in [5.74, 6) is 0.401. The lowest BCUT2D eigenvalue weighted by Gasteiger charge is -2.08. The first kappa shape index (κ1) is 13.1. The van der Waals surface area contributed by atoms with Gasteiger partial charge in [0.1, 0.15) is 10.7 Å². The SMILES string of the molecule is NC(=S)c1ccc(OCC(=O)NC2CC2)cc1Cl. The number of ether oxygens (including phenoxy) is 1. The highest BCUT2D eigenvalue weighted by Gasteiger charge is 2.23. The Bertz CT molecular complexity index is 489. The molecule has 0 aromatic heterocycles. The molecule has 1 aliphatic carbocycles. The van der Waals surface area contributed by atoms with Gasteiger partial charge in [0.2, 0.25) is 0 Å². The van der Waals surface area contributed by atoms with Crippen LogP contribution in [-0.4, -0.2) is 23.5 Å². The summed E-state index contributed by atoms with van der Waals surface area (Å²) in [5.41, 5.74) is 6.09.